The molecule has 0 saturated carbocycles. The maximum atomic E-state index is 5.78. The Labute approximate surface area is 159 Å². The second kappa shape index (κ2) is 8.74. The van der Waals surface area contributed by atoms with Gasteiger partial charge in [-0.3, -0.25) is 0 Å². The molecule has 0 aliphatic carbocycles. The van der Waals surface area contributed by atoms with Crippen LogP contribution < -0.4 is 9.81 Å². The van der Waals surface area contributed by atoms with Gasteiger partial charge in [-0.15, -0.1) is 0 Å². The standard InChI is InChI=1S/C9H11O.2C7H7.Bi/c1-2-10-8-9-6-4-3-5-7-9;2*1-7-5-3-2-4-6-7;/h3-6H,2,8H2,1H3;2*2-5H,1H3;. The van der Waals surface area contributed by atoms with Gasteiger partial charge in [0.1, 0.15) is 0 Å². The zero-order chi connectivity index (χ0) is 17.6. The van der Waals surface area contributed by atoms with E-state index in [1.54, 1.807) is 6.54 Å². The first-order valence-electron chi connectivity index (χ1n) is 8.79. The van der Waals surface area contributed by atoms with Crippen LogP contribution in [-0.4, -0.2) is 28.4 Å². The van der Waals surface area contributed by atoms with E-state index in [4.69, 9.17) is 4.74 Å². The summed E-state index contributed by atoms with van der Waals surface area (Å²) in [5, 5.41) is 0. The van der Waals surface area contributed by atoms with Gasteiger partial charge in [0.2, 0.25) is 0 Å². The first-order chi connectivity index (χ1) is 12.2. The van der Waals surface area contributed by atoms with Crippen molar-refractivity contribution < 1.29 is 4.74 Å². The van der Waals surface area contributed by atoms with Crippen LogP contribution in [0.1, 0.15) is 23.6 Å². The summed E-state index contributed by atoms with van der Waals surface area (Å²) in [7, 11) is 0. The molecule has 0 heterocycles. The molecule has 3 rings (SSSR count). The van der Waals surface area contributed by atoms with Gasteiger partial charge in [-0.05, 0) is 0 Å². The topological polar surface area (TPSA) is 9.23 Å². The molecule has 0 amide bonds. The van der Waals surface area contributed by atoms with Crippen molar-refractivity contribution in [2.75, 3.05) is 6.61 Å². The van der Waals surface area contributed by atoms with Crippen LogP contribution in [0.5, 0.6) is 0 Å². The van der Waals surface area contributed by atoms with E-state index in [0.717, 1.165) is 6.61 Å². The molecule has 128 valence electrons. The molecule has 2 heteroatoms. The van der Waals surface area contributed by atoms with Gasteiger partial charge in [0.25, 0.3) is 0 Å². The molecule has 0 saturated heterocycles. The van der Waals surface area contributed by atoms with Crippen LogP contribution in [0.25, 0.3) is 0 Å². The molecule has 0 atom stereocenters. The number of hydrogen-bond donors (Lipinski definition) is 0. The normalized spacial score (nSPS) is 11.0. The minimum absolute atomic E-state index is 0.705. The van der Waals surface area contributed by atoms with Gasteiger partial charge in [0, 0.05) is 0 Å². The second-order valence-corrected chi connectivity index (χ2v) is 14.4. The van der Waals surface area contributed by atoms with Gasteiger partial charge in [0.15, 0.2) is 0 Å². The van der Waals surface area contributed by atoms with Crippen molar-refractivity contribution in [2.45, 2.75) is 27.4 Å². The minimum atomic E-state index is -2.38. The Morgan fingerprint density at radius 3 is 1.68 bits per heavy atom. The number of ether oxygens (including phenoxy) is 1. The van der Waals surface area contributed by atoms with E-state index in [0.29, 0.717) is 6.61 Å². The monoisotopic (exact) mass is 526 g/mol. The molecule has 0 spiro atoms. The molecular formula is C23H25BiO. The average Bonchev–Trinajstić information content (AvgIpc) is 2.64. The van der Waals surface area contributed by atoms with Crippen LogP contribution in [0.3, 0.4) is 0 Å². The van der Waals surface area contributed by atoms with Crippen molar-refractivity contribution in [3.05, 3.63) is 89.5 Å². The molecule has 0 aliphatic heterocycles. The van der Waals surface area contributed by atoms with E-state index in [9.17, 15) is 0 Å². The van der Waals surface area contributed by atoms with Crippen LogP contribution in [0.15, 0.2) is 72.8 Å². The number of aryl methyl sites for hydroxylation is 2. The van der Waals surface area contributed by atoms with Crippen molar-refractivity contribution in [3.8, 4) is 0 Å². The zero-order valence-corrected chi connectivity index (χ0v) is 18.7. The van der Waals surface area contributed by atoms with Crippen molar-refractivity contribution >= 4 is 31.6 Å². The number of rotatable bonds is 6. The Kier molecular flexibility index (Phi) is 6.40. The van der Waals surface area contributed by atoms with Gasteiger partial charge in [-0.1, -0.05) is 0 Å². The van der Waals surface area contributed by atoms with Gasteiger partial charge in [0.05, 0.1) is 0 Å². The van der Waals surface area contributed by atoms with Crippen LogP contribution in [0.2, 0.25) is 0 Å². The van der Waals surface area contributed by atoms with E-state index in [1.807, 2.05) is 0 Å². The van der Waals surface area contributed by atoms with Crippen LogP contribution in [-0.2, 0) is 11.3 Å². The summed E-state index contributed by atoms with van der Waals surface area (Å²) in [5.41, 5.74) is 4.18. The molecular weight excluding hydrogens is 501 g/mol. The van der Waals surface area contributed by atoms with Crippen molar-refractivity contribution in [1.29, 1.82) is 0 Å². The first-order valence-corrected chi connectivity index (χ1v) is 14.0. The molecule has 0 bridgehead atoms. The molecule has 0 aliphatic rings. The molecule has 3 aromatic rings. The fourth-order valence-corrected chi connectivity index (χ4v) is 13.8. The van der Waals surface area contributed by atoms with Crippen LogP contribution >= 0.6 is 0 Å². The summed E-state index contributed by atoms with van der Waals surface area (Å²) in [6.07, 6.45) is 0. The summed E-state index contributed by atoms with van der Waals surface area (Å²) >= 11 is -2.38. The fraction of sp³-hybridized carbons (Fsp3) is 0.217. The van der Waals surface area contributed by atoms with E-state index < -0.39 is 21.8 Å². The second-order valence-electron chi connectivity index (χ2n) is 6.17. The van der Waals surface area contributed by atoms with Gasteiger partial charge in [-0.25, -0.2) is 0 Å². The molecule has 0 aromatic heterocycles. The third kappa shape index (κ3) is 4.19. The Hall–Kier alpha value is -1.50. The van der Waals surface area contributed by atoms with Gasteiger partial charge < -0.3 is 0 Å². The fourth-order valence-electron chi connectivity index (χ4n) is 3.08. The van der Waals surface area contributed by atoms with Crippen LogP contribution in [0.4, 0.5) is 0 Å². The average molecular weight is 526 g/mol. The SMILES string of the molecule is CCOCc1cccc[c]1[Bi]([c]1ccccc1C)[c]1ccccc1C. The quantitative estimate of drug-likeness (QED) is 0.448. The summed E-state index contributed by atoms with van der Waals surface area (Å²) < 4.78 is 10.4. The third-order valence-electron chi connectivity index (χ3n) is 4.41. The van der Waals surface area contributed by atoms with Crippen LogP contribution in [0, 0.1) is 13.8 Å². The Balaban J connectivity index is 2.20. The first kappa shape index (κ1) is 18.3. The number of benzene rings is 3. The third-order valence-corrected chi connectivity index (χ3v) is 15.6. The summed E-state index contributed by atoms with van der Waals surface area (Å²) in [5.74, 6) is 0. The van der Waals surface area contributed by atoms with Gasteiger partial charge in [-0.2, -0.15) is 0 Å². The Bertz CT molecular complexity index is 795. The molecule has 25 heavy (non-hydrogen) atoms. The predicted octanol–water partition coefficient (Wildman–Crippen LogP) is 3.36. The molecule has 0 unspecified atom stereocenters. The Morgan fingerprint density at radius 1 is 0.680 bits per heavy atom. The maximum absolute atomic E-state index is 5.78. The molecule has 0 radical (unpaired) electrons. The Morgan fingerprint density at radius 2 is 1.16 bits per heavy atom. The van der Waals surface area contributed by atoms with Crippen molar-refractivity contribution in [1.82, 2.24) is 0 Å². The molecule has 0 fully saturated rings. The molecule has 1 nitrogen and oxygen atoms in total. The molecule has 0 N–H and O–H groups in total. The number of hydrogen-bond acceptors (Lipinski definition) is 1. The van der Waals surface area contributed by atoms with E-state index in [1.165, 1.54) is 20.0 Å². The summed E-state index contributed by atoms with van der Waals surface area (Å²) in [4.78, 5) is 0. The molecule has 3 aromatic carbocycles. The van der Waals surface area contributed by atoms with E-state index in [2.05, 4.69) is 93.6 Å². The van der Waals surface area contributed by atoms with Crippen molar-refractivity contribution in [3.63, 3.8) is 0 Å². The zero-order valence-electron chi connectivity index (χ0n) is 15.2. The van der Waals surface area contributed by atoms with E-state index in [-0.39, 0.29) is 0 Å². The van der Waals surface area contributed by atoms with Crippen molar-refractivity contribution in [2.24, 2.45) is 0 Å². The van der Waals surface area contributed by atoms with E-state index >= 15 is 0 Å². The van der Waals surface area contributed by atoms with Gasteiger partial charge >= 0.3 is 160 Å². The summed E-state index contributed by atoms with van der Waals surface area (Å²) in [6, 6.07) is 26.8. The summed E-state index contributed by atoms with van der Waals surface area (Å²) in [6.45, 7) is 8.02. The predicted molar refractivity (Wildman–Crippen MR) is 109 cm³/mol.